The van der Waals surface area contributed by atoms with E-state index in [1.165, 1.54) is 12.6 Å². The molecule has 0 N–H and O–H groups in total. The van der Waals surface area contributed by atoms with Crippen molar-refractivity contribution in [2.45, 2.75) is 18.8 Å². The molecule has 1 fully saturated rings. The first kappa shape index (κ1) is 15.4. The van der Waals surface area contributed by atoms with Crippen LogP contribution in [-0.4, -0.2) is 44.0 Å². The maximum absolute atomic E-state index is 12.8. The number of aryl methyl sites for hydroxylation is 1. The lowest BCUT2D eigenvalue weighted by atomic mass is 9.88. The van der Waals surface area contributed by atoms with Crippen LogP contribution >= 0.6 is 0 Å². The number of hydrogen-bond acceptors (Lipinski definition) is 6. The van der Waals surface area contributed by atoms with Gasteiger partial charge >= 0.3 is 0 Å². The Morgan fingerprint density at radius 3 is 2.56 bits per heavy atom. The lowest BCUT2D eigenvalue weighted by Gasteiger charge is -2.16. The fraction of sp³-hybridized carbons (Fsp3) is 0.278. The molecule has 0 aliphatic carbocycles. The summed E-state index contributed by atoms with van der Waals surface area (Å²) in [5.74, 6) is 0.600. The summed E-state index contributed by atoms with van der Waals surface area (Å²) in [5.41, 5.74) is 2.29. The molecule has 3 aromatic rings. The zero-order valence-electron chi connectivity index (χ0n) is 13.7. The number of likely N-dealkylation sites (tertiary alicyclic amines) is 1. The van der Waals surface area contributed by atoms with Gasteiger partial charge in [-0.2, -0.15) is 4.98 Å². The highest BCUT2D eigenvalue weighted by Crippen LogP contribution is 2.38. The van der Waals surface area contributed by atoms with E-state index in [0.29, 0.717) is 24.6 Å². The van der Waals surface area contributed by atoms with Crippen LogP contribution in [-0.2, 0) is 0 Å². The van der Waals surface area contributed by atoms with Gasteiger partial charge in [0, 0.05) is 31.1 Å². The maximum atomic E-state index is 12.8. The molecule has 0 radical (unpaired) electrons. The third kappa shape index (κ3) is 3.00. The van der Waals surface area contributed by atoms with E-state index >= 15 is 0 Å². The highest BCUT2D eigenvalue weighted by Gasteiger charge is 2.39. The molecule has 0 saturated carbocycles. The molecule has 1 aliphatic rings. The molecule has 7 nitrogen and oxygen atoms in total. The molecule has 7 heteroatoms. The van der Waals surface area contributed by atoms with E-state index in [0.717, 1.165) is 11.3 Å². The normalized spacial score (nSPS) is 20.0. The molecule has 1 amide bonds. The Balaban J connectivity index is 1.63. The molecule has 4 rings (SSSR count). The number of aromatic nitrogens is 4. The Hall–Kier alpha value is -3.09. The molecular weight excluding hydrogens is 318 g/mol. The second kappa shape index (κ2) is 6.43. The largest absolute Gasteiger partial charge is 0.343 e. The van der Waals surface area contributed by atoms with Crippen LogP contribution in [0.1, 0.15) is 39.4 Å². The molecule has 126 valence electrons. The van der Waals surface area contributed by atoms with Crippen molar-refractivity contribution < 1.29 is 9.32 Å². The van der Waals surface area contributed by atoms with Crippen LogP contribution in [0.3, 0.4) is 0 Å². The first-order chi connectivity index (χ1) is 12.2. The number of hydrogen-bond donors (Lipinski definition) is 0. The van der Waals surface area contributed by atoms with Crippen LogP contribution in [0, 0.1) is 6.92 Å². The minimum atomic E-state index is -0.126. The average molecular weight is 335 g/mol. The Morgan fingerprint density at radius 1 is 1.08 bits per heavy atom. The molecule has 2 atom stereocenters. The minimum Gasteiger partial charge on any atom is -0.343 e. The van der Waals surface area contributed by atoms with E-state index in [1.54, 1.807) is 11.1 Å². The molecule has 2 aromatic heterocycles. The standard InChI is InChI=1S/C18H17N5O2/c1-12-7-20-16(8-19-12)18(24)23-9-14(13-5-3-2-4-6-13)15(10-23)17-21-11-25-22-17/h2-8,11,14-15H,9-10H2,1H3/t14-,15+/m1/s1. The lowest BCUT2D eigenvalue weighted by Crippen LogP contribution is -2.29. The highest BCUT2D eigenvalue weighted by atomic mass is 16.5. The van der Waals surface area contributed by atoms with Crippen LogP contribution in [0.25, 0.3) is 0 Å². The van der Waals surface area contributed by atoms with E-state index in [-0.39, 0.29) is 17.7 Å². The third-order valence-electron chi connectivity index (χ3n) is 4.54. The van der Waals surface area contributed by atoms with E-state index in [9.17, 15) is 4.79 Å². The summed E-state index contributed by atoms with van der Waals surface area (Å²) in [5, 5.41) is 4.00. The van der Waals surface area contributed by atoms with Gasteiger partial charge in [0.2, 0.25) is 6.39 Å². The third-order valence-corrected chi connectivity index (χ3v) is 4.54. The number of carbonyl (C=O) groups is 1. The van der Waals surface area contributed by atoms with Crippen molar-refractivity contribution in [3.8, 4) is 0 Å². The van der Waals surface area contributed by atoms with Gasteiger partial charge in [-0.3, -0.25) is 9.78 Å². The van der Waals surface area contributed by atoms with Crippen molar-refractivity contribution in [1.82, 2.24) is 25.0 Å². The number of benzene rings is 1. The molecule has 0 unspecified atom stereocenters. The summed E-state index contributed by atoms with van der Waals surface area (Å²) in [6.07, 6.45) is 4.46. The summed E-state index contributed by atoms with van der Waals surface area (Å²) >= 11 is 0. The van der Waals surface area contributed by atoms with Crippen LogP contribution in [0.15, 0.2) is 53.6 Å². The zero-order valence-corrected chi connectivity index (χ0v) is 13.7. The van der Waals surface area contributed by atoms with Gasteiger partial charge in [-0.1, -0.05) is 35.5 Å². The molecule has 3 heterocycles. The van der Waals surface area contributed by atoms with Gasteiger partial charge in [0.1, 0.15) is 5.69 Å². The number of nitrogens with zero attached hydrogens (tertiary/aromatic N) is 5. The van der Waals surface area contributed by atoms with Gasteiger partial charge in [0.15, 0.2) is 5.82 Å². The Labute approximate surface area is 144 Å². The maximum Gasteiger partial charge on any atom is 0.274 e. The van der Waals surface area contributed by atoms with Crippen molar-refractivity contribution in [1.29, 1.82) is 0 Å². The van der Waals surface area contributed by atoms with Gasteiger partial charge in [0.25, 0.3) is 5.91 Å². The van der Waals surface area contributed by atoms with Gasteiger partial charge in [0.05, 0.1) is 11.9 Å². The summed E-state index contributed by atoms with van der Waals surface area (Å²) in [6.45, 7) is 2.94. The summed E-state index contributed by atoms with van der Waals surface area (Å²) in [7, 11) is 0. The molecule has 1 saturated heterocycles. The van der Waals surface area contributed by atoms with Crippen LogP contribution in [0.2, 0.25) is 0 Å². The summed E-state index contributed by atoms with van der Waals surface area (Å²) in [6, 6.07) is 10.1. The highest BCUT2D eigenvalue weighted by molar-refractivity contribution is 5.92. The van der Waals surface area contributed by atoms with Gasteiger partial charge < -0.3 is 9.42 Å². The van der Waals surface area contributed by atoms with Crippen LogP contribution in [0.5, 0.6) is 0 Å². The predicted octanol–water partition coefficient (Wildman–Crippen LogP) is 2.19. The Bertz CT molecular complexity index is 849. The fourth-order valence-corrected chi connectivity index (χ4v) is 3.28. The molecule has 1 aliphatic heterocycles. The molecule has 0 spiro atoms. The number of rotatable bonds is 3. The Kier molecular flexibility index (Phi) is 3.97. The zero-order chi connectivity index (χ0) is 17.2. The molecule has 25 heavy (non-hydrogen) atoms. The van der Waals surface area contributed by atoms with E-state index in [4.69, 9.17) is 4.52 Å². The first-order valence-corrected chi connectivity index (χ1v) is 8.11. The number of carbonyl (C=O) groups excluding carboxylic acids is 1. The van der Waals surface area contributed by atoms with Gasteiger partial charge in [-0.05, 0) is 12.5 Å². The average Bonchev–Trinajstić information content (AvgIpc) is 3.32. The second-order valence-corrected chi connectivity index (χ2v) is 6.17. The fourth-order valence-electron chi connectivity index (χ4n) is 3.28. The van der Waals surface area contributed by atoms with Crippen molar-refractivity contribution in [3.63, 3.8) is 0 Å². The SMILES string of the molecule is Cc1cnc(C(=O)N2C[C@H](c3ccccc3)[C@@H](c3ncon3)C2)cn1. The van der Waals surface area contributed by atoms with Gasteiger partial charge in [-0.25, -0.2) is 4.98 Å². The van der Waals surface area contributed by atoms with Crippen molar-refractivity contribution >= 4 is 5.91 Å². The lowest BCUT2D eigenvalue weighted by molar-refractivity contribution is 0.0782. The Morgan fingerprint density at radius 2 is 1.88 bits per heavy atom. The van der Waals surface area contributed by atoms with Crippen LogP contribution in [0.4, 0.5) is 0 Å². The monoisotopic (exact) mass is 335 g/mol. The molecular formula is C18H17N5O2. The van der Waals surface area contributed by atoms with E-state index in [1.807, 2.05) is 25.1 Å². The van der Waals surface area contributed by atoms with Gasteiger partial charge in [-0.15, -0.1) is 0 Å². The van der Waals surface area contributed by atoms with E-state index < -0.39 is 0 Å². The van der Waals surface area contributed by atoms with Crippen molar-refractivity contribution in [3.05, 3.63) is 71.9 Å². The molecule has 0 bridgehead atoms. The minimum absolute atomic E-state index is 0.0106. The van der Waals surface area contributed by atoms with E-state index in [2.05, 4.69) is 32.2 Å². The van der Waals surface area contributed by atoms with Crippen molar-refractivity contribution in [2.24, 2.45) is 0 Å². The predicted molar refractivity (Wildman–Crippen MR) is 88.9 cm³/mol. The topological polar surface area (TPSA) is 85.0 Å². The molecule has 1 aromatic carbocycles. The summed E-state index contributed by atoms with van der Waals surface area (Å²) < 4.78 is 4.92. The smallest absolute Gasteiger partial charge is 0.274 e. The quantitative estimate of drug-likeness (QED) is 0.729. The van der Waals surface area contributed by atoms with Crippen molar-refractivity contribution in [2.75, 3.05) is 13.1 Å². The second-order valence-electron chi connectivity index (χ2n) is 6.17. The van der Waals surface area contributed by atoms with Crippen LogP contribution < -0.4 is 0 Å². The summed E-state index contributed by atoms with van der Waals surface area (Å²) in [4.78, 5) is 27.2. The number of amides is 1. The first-order valence-electron chi connectivity index (χ1n) is 8.11.